The zero-order chi connectivity index (χ0) is 48.6. The number of ether oxygens (including phenoxy) is 3. The molecule has 0 spiro atoms. The summed E-state index contributed by atoms with van der Waals surface area (Å²) in [5.74, 6) is -0.847. The van der Waals surface area contributed by atoms with E-state index in [9.17, 15) is 14.4 Å². The van der Waals surface area contributed by atoms with Crippen molar-refractivity contribution in [2.75, 3.05) is 13.2 Å². The first kappa shape index (κ1) is 65.1. The Morgan fingerprint density at radius 2 is 0.493 bits per heavy atom. The summed E-state index contributed by atoms with van der Waals surface area (Å²) in [6.07, 6.45) is 64.9. The minimum absolute atomic E-state index is 0.0662. The van der Waals surface area contributed by atoms with E-state index >= 15 is 0 Å². The number of hydrogen-bond donors (Lipinski definition) is 0. The topological polar surface area (TPSA) is 78.9 Å². The molecule has 0 unspecified atom stereocenters. The molecule has 0 aromatic carbocycles. The highest BCUT2D eigenvalue weighted by molar-refractivity contribution is 5.71. The van der Waals surface area contributed by atoms with Gasteiger partial charge >= 0.3 is 17.9 Å². The molecule has 0 aliphatic heterocycles. The molecule has 0 aromatic heterocycles. The molecule has 67 heavy (non-hydrogen) atoms. The predicted molar refractivity (Wildman–Crippen MR) is 289 cm³/mol. The molecule has 0 rings (SSSR count). The van der Waals surface area contributed by atoms with Crippen molar-refractivity contribution in [2.24, 2.45) is 0 Å². The number of carbonyl (C=O) groups is 3. The van der Waals surface area contributed by atoms with Crippen LogP contribution in [0.5, 0.6) is 0 Å². The Morgan fingerprint density at radius 1 is 0.284 bits per heavy atom. The minimum atomic E-state index is -0.768. The van der Waals surface area contributed by atoms with E-state index in [1.54, 1.807) is 0 Å². The van der Waals surface area contributed by atoms with Gasteiger partial charge in [0.1, 0.15) is 13.2 Å². The molecular formula is C61H116O6. The van der Waals surface area contributed by atoms with Gasteiger partial charge in [0, 0.05) is 19.3 Å². The van der Waals surface area contributed by atoms with Crippen molar-refractivity contribution in [3.63, 3.8) is 0 Å². The summed E-state index contributed by atoms with van der Waals surface area (Å²) in [4.78, 5) is 38.2. The highest BCUT2D eigenvalue weighted by Gasteiger charge is 2.19. The lowest BCUT2D eigenvalue weighted by Gasteiger charge is -2.18. The average molecular weight is 946 g/mol. The van der Waals surface area contributed by atoms with Crippen LogP contribution in [0.4, 0.5) is 0 Å². The molecule has 0 saturated heterocycles. The fourth-order valence-electron chi connectivity index (χ4n) is 9.21. The van der Waals surface area contributed by atoms with Crippen molar-refractivity contribution < 1.29 is 28.6 Å². The van der Waals surface area contributed by atoms with Gasteiger partial charge in [-0.1, -0.05) is 290 Å². The Morgan fingerprint density at radius 3 is 0.746 bits per heavy atom. The van der Waals surface area contributed by atoms with Crippen LogP contribution in [0, 0.1) is 0 Å². The second-order valence-corrected chi connectivity index (χ2v) is 20.6. The monoisotopic (exact) mass is 945 g/mol. The molecule has 0 aliphatic rings. The van der Waals surface area contributed by atoms with Gasteiger partial charge in [-0.15, -0.1) is 0 Å². The van der Waals surface area contributed by atoms with Gasteiger partial charge in [0.2, 0.25) is 0 Å². The van der Waals surface area contributed by atoms with Gasteiger partial charge in [0.15, 0.2) is 6.10 Å². The highest BCUT2D eigenvalue weighted by Crippen LogP contribution is 2.18. The summed E-state index contributed by atoms with van der Waals surface area (Å²) >= 11 is 0. The fraction of sp³-hybridized carbons (Fsp3) is 0.918. The van der Waals surface area contributed by atoms with Crippen LogP contribution < -0.4 is 0 Å². The third-order valence-electron chi connectivity index (χ3n) is 13.8. The van der Waals surface area contributed by atoms with Crippen LogP contribution >= 0.6 is 0 Å². The van der Waals surface area contributed by atoms with Gasteiger partial charge in [-0.25, -0.2) is 0 Å². The number of hydrogen-bond acceptors (Lipinski definition) is 6. The van der Waals surface area contributed by atoms with Gasteiger partial charge < -0.3 is 14.2 Å². The zero-order valence-electron chi connectivity index (χ0n) is 45.5. The molecule has 0 amide bonds. The SMILES string of the molecule is CCCCCCCC/C=C\CCCCCCCC(=O)OC[C@H](COC(=O)CCCCCCCCCCCCCCCCCCC)OC(=O)CCCCCCCCCCCCCCCCCCC. The molecule has 0 bridgehead atoms. The van der Waals surface area contributed by atoms with E-state index in [-0.39, 0.29) is 31.1 Å². The molecule has 396 valence electrons. The maximum atomic E-state index is 12.9. The molecule has 0 N–H and O–H groups in total. The van der Waals surface area contributed by atoms with Crippen LogP contribution in [-0.2, 0) is 28.6 Å². The second kappa shape index (κ2) is 56.7. The summed E-state index contributed by atoms with van der Waals surface area (Å²) in [5.41, 5.74) is 0. The quantitative estimate of drug-likeness (QED) is 0.0262. The number of rotatable bonds is 56. The molecule has 1 atom stereocenters. The summed E-state index contributed by atoms with van der Waals surface area (Å²) in [5, 5.41) is 0. The minimum Gasteiger partial charge on any atom is -0.462 e. The van der Waals surface area contributed by atoms with Gasteiger partial charge in [0.25, 0.3) is 0 Å². The summed E-state index contributed by atoms with van der Waals surface area (Å²) in [7, 11) is 0. The Bertz CT molecular complexity index is 1040. The van der Waals surface area contributed by atoms with E-state index in [1.807, 2.05) is 0 Å². The third kappa shape index (κ3) is 55.0. The molecular weight excluding hydrogens is 829 g/mol. The van der Waals surface area contributed by atoms with E-state index in [1.165, 1.54) is 238 Å². The smallest absolute Gasteiger partial charge is 0.306 e. The highest BCUT2D eigenvalue weighted by atomic mass is 16.6. The Kier molecular flexibility index (Phi) is 55.2. The van der Waals surface area contributed by atoms with E-state index in [0.29, 0.717) is 19.3 Å². The summed E-state index contributed by atoms with van der Waals surface area (Å²) < 4.78 is 16.9. The molecule has 6 heteroatoms. The van der Waals surface area contributed by atoms with E-state index < -0.39 is 6.10 Å². The van der Waals surface area contributed by atoms with Crippen LogP contribution in [0.2, 0.25) is 0 Å². The predicted octanol–water partition coefficient (Wildman–Crippen LogP) is 20.1. The molecule has 0 saturated carbocycles. The summed E-state index contributed by atoms with van der Waals surface area (Å²) in [6.45, 7) is 6.70. The molecule has 0 fully saturated rings. The first-order valence-electron chi connectivity index (χ1n) is 30.2. The Labute approximate surface area is 418 Å². The standard InChI is InChI=1S/C61H116O6/c1-4-7-10-13-16-19-22-25-28-30-33-36-39-42-45-48-51-54-60(63)66-57-58(56-65-59(62)53-50-47-44-41-38-35-32-27-24-21-18-15-12-9-6-3)67-61(64)55-52-49-46-43-40-37-34-31-29-26-23-20-17-14-11-8-5-2/h27,32,58H,4-26,28-31,33-57H2,1-3H3/b32-27-/t58-/m1/s1. The van der Waals surface area contributed by atoms with Crippen molar-refractivity contribution in [3.8, 4) is 0 Å². The third-order valence-corrected chi connectivity index (χ3v) is 13.8. The zero-order valence-corrected chi connectivity index (χ0v) is 45.5. The molecule has 0 heterocycles. The molecule has 0 radical (unpaired) electrons. The second-order valence-electron chi connectivity index (χ2n) is 20.6. The van der Waals surface area contributed by atoms with Gasteiger partial charge in [-0.05, 0) is 44.9 Å². The Balaban J connectivity index is 4.31. The van der Waals surface area contributed by atoms with Crippen LogP contribution in [-0.4, -0.2) is 37.2 Å². The van der Waals surface area contributed by atoms with Crippen LogP contribution in [0.25, 0.3) is 0 Å². The average Bonchev–Trinajstić information content (AvgIpc) is 3.33. The normalized spacial score (nSPS) is 12.0. The maximum absolute atomic E-state index is 12.9. The lowest BCUT2D eigenvalue weighted by Crippen LogP contribution is -2.30. The lowest BCUT2D eigenvalue weighted by molar-refractivity contribution is -0.167. The molecule has 0 aromatic rings. The van der Waals surface area contributed by atoms with Crippen LogP contribution in [0.3, 0.4) is 0 Å². The van der Waals surface area contributed by atoms with Crippen molar-refractivity contribution in [2.45, 2.75) is 348 Å². The number of unbranched alkanes of at least 4 members (excludes halogenated alkanes) is 43. The maximum Gasteiger partial charge on any atom is 0.306 e. The van der Waals surface area contributed by atoms with E-state index in [2.05, 4.69) is 32.9 Å². The van der Waals surface area contributed by atoms with Gasteiger partial charge in [-0.2, -0.15) is 0 Å². The van der Waals surface area contributed by atoms with Crippen molar-refractivity contribution >= 4 is 17.9 Å². The van der Waals surface area contributed by atoms with Crippen LogP contribution in [0.1, 0.15) is 342 Å². The van der Waals surface area contributed by atoms with Crippen molar-refractivity contribution in [3.05, 3.63) is 12.2 Å². The lowest BCUT2D eigenvalue weighted by atomic mass is 10.0. The van der Waals surface area contributed by atoms with E-state index in [0.717, 1.165) is 64.2 Å². The Hall–Kier alpha value is -1.85. The van der Waals surface area contributed by atoms with Crippen molar-refractivity contribution in [1.82, 2.24) is 0 Å². The first-order chi connectivity index (χ1) is 33.0. The molecule has 6 nitrogen and oxygen atoms in total. The van der Waals surface area contributed by atoms with Crippen LogP contribution in [0.15, 0.2) is 12.2 Å². The van der Waals surface area contributed by atoms with Gasteiger partial charge in [-0.3, -0.25) is 14.4 Å². The largest absolute Gasteiger partial charge is 0.462 e. The van der Waals surface area contributed by atoms with Crippen molar-refractivity contribution in [1.29, 1.82) is 0 Å². The number of carbonyl (C=O) groups excluding carboxylic acids is 3. The summed E-state index contributed by atoms with van der Waals surface area (Å²) in [6, 6.07) is 0. The fourth-order valence-corrected chi connectivity index (χ4v) is 9.21. The number of esters is 3. The van der Waals surface area contributed by atoms with E-state index in [4.69, 9.17) is 14.2 Å². The number of allylic oxidation sites excluding steroid dienone is 2. The van der Waals surface area contributed by atoms with Gasteiger partial charge in [0.05, 0.1) is 0 Å². The molecule has 0 aliphatic carbocycles. The first-order valence-corrected chi connectivity index (χ1v) is 30.2.